The Morgan fingerprint density at radius 2 is 1.71 bits per heavy atom. The lowest BCUT2D eigenvalue weighted by Crippen LogP contribution is -2.59. The number of hydrogen-bond acceptors (Lipinski definition) is 1. The summed E-state index contributed by atoms with van der Waals surface area (Å²) < 4.78 is 0. The van der Waals surface area contributed by atoms with Gasteiger partial charge in [0, 0.05) is 5.54 Å². The Morgan fingerprint density at radius 3 is 2.38 bits per heavy atom. The molecule has 0 bridgehead atoms. The third kappa shape index (κ3) is 3.92. The minimum Gasteiger partial charge on any atom is -0.332 e. The Morgan fingerprint density at radius 1 is 1.04 bits per heavy atom. The van der Waals surface area contributed by atoms with Gasteiger partial charge in [-0.3, -0.25) is 0 Å². The molecule has 0 aromatic heterocycles. The van der Waals surface area contributed by atoms with E-state index in [0.29, 0.717) is 0 Å². The van der Waals surface area contributed by atoms with Crippen LogP contribution in [0, 0.1) is 17.8 Å². The standard InChI is InChI=1S/C22H33NSi/c1-22(2,3)23-24(4,5)21-19(15-17-11-7-6-8-12-17)16-18-13-9-10-14-20(18)21/h6-14,18-21,23H,15-16H2,1-5H3. The van der Waals surface area contributed by atoms with Gasteiger partial charge in [-0.2, -0.15) is 0 Å². The number of rotatable bonds is 4. The lowest BCUT2D eigenvalue weighted by Gasteiger charge is -2.42. The first kappa shape index (κ1) is 17.7. The lowest BCUT2D eigenvalue weighted by molar-refractivity contribution is 0.463. The van der Waals surface area contributed by atoms with Gasteiger partial charge in [-0.1, -0.05) is 67.7 Å². The average molecular weight is 340 g/mol. The van der Waals surface area contributed by atoms with E-state index in [9.17, 15) is 0 Å². The van der Waals surface area contributed by atoms with E-state index in [1.165, 1.54) is 18.4 Å². The van der Waals surface area contributed by atoms with Crippen LogP contribution in [0.15, 0.2) is 54.6 Å². The van der Waals surface area contributed by atoms with Gasteiger partial charge in [0.05, 0.1) is 0 Å². The van der Waals surface area contributed by atoms with Crippen molar-refractivity contribution in [3.63, 3.8) is 0 Å². The molecule has 0 radical (unpaired) electrons. The van der Waals surface area contributed by atoms with Crippen LogP contribution in [0.3, 0.4) is 0 Å². The zero-order chi connectivity index (χ0) is 17.4. The maximum Gasteiger partial charge on any atom is 0.123 e. The highest BCUT2D eigenvalue weighted by Gasteiger charge is 2.50. The third-order valence-electron chi connectivity index (χ3n) is 5.67. The van der Waals surface area contributed by atoms with E-state index in [0.717, 1.165) is 23.3 Å². The summed E-state index contributed by atoms with van der Waals surface area (Å²) in [4.78, 5) is 4.07. The van der Waals surface area contributed by atoms with Gasteiger partial charge < -0.3 is 4.98 Å². The molecule has 0 aliphatic heterocycles. The minimum atomic E-state index is -1.57. The van der Waals surface area contributed by atoms with Crippen molar-refractivity contribution in [2.75, 3.05) is 0 Å². The van der Waals surface area contributed by atoms with Crippen molar-refractivity contribution in [2.45, 2.75) is 57.8 Å². The Labute approximate surface area is 149 Å². The molecule has 1 N–H and O–H groups in total. The van der Waals surface area contributed by atoms with E-state index in [-0.39, 0.29) is 5.54 Å². The summed E-state index contributed by atoms with van der Waals surface area (Å²) in [5, 5.41) is 0. The second-order valence-corrected chi connectivity index (χ2v) is 13.7. The smallest absolute Gasteiger partial charge is 0.123 e. The van der Waals surface area contributed by atoms with Crippen molar-refractivity contribution in [3.05, 3.63) is 60.2 Å². The van der Waals surface area contributed by atoms with Crippen LogP contribution < -0.4 is 4.98 Å². The largest absolute Gasteiger partial charge is 0.332 e. The predicted octanol–water partition coefficient (Wildman–Crippen LogP) is 5.57. The molecule has 2 heteroatoms. The molecule has 0 amide bonds. The fourth-order valence-electron chi connectivity index (χ4n) is 5.35. The molecule has 130 valence electrons. The fourth-order valence-corrected chi connectivity index (χ4v) is 10.2. The summed E-state index contributed by atoms with van der Waals surface area (Å²) in [6.45, 7) is 12.1. The van der Waals surface area contributed by atoms with Crippen LogP contribution in [-0.4, -0.2) is 13.8 Å². The molecule has 0 saturated heterocycles. The first-order valence-electron chi connectivity index (χ1n) is 9.44. The van der Waals surface area contributed by atoms with Crippen LogP contribution >= 0.6 is 0 Å². The maximum atomic E-state index is 4.07. The van der Waals surface area contributed by atoms with Crippen LogP contribution in [0.25, 0.3) is 0 Å². The van der Waals surface area contributed by atoms with Crippen LogP contribution in [0.1, 0.15) is 32.8 Å². The number of benzene rings is 1. The molecular weight excluding hydrogens is 306 g/mol. The average Bonchev–Trinajstić information content (AvgIpc) is 2.84. The number of nitrogens with one attached hydrogen (secondary N) is 1. The number of allylic oxidation sites excluding steroid dienone is 4. The summed E-state index contributed by atoms with van der Waals surface area (Å²) in [7, 11) is -1.57. The van der Waals surface area contributed by atoms with Crippen molar-refractivity contribution in [1.82, 2.24) is 4.98 Å². The Kier molecular flexibility index (Phi) is 4.90. The summed E-state index contributed by atoms with van der Waals surface area (Å²) >= 11 is 0. The van der Waals surface area contributed by atoms with Crippen LogP contribution in [-0.2, 0) is 6.42 Å². The van der Waals surface area contributed by atoms with Gasteiger partial charge in [0.15, 0.2) is 0 Å². The zero-order valence-electron chi connectivity index (χ0n) is 15.9. The van der Waals surface area contributed by atoms with Crippen molar-refractivity contribution >= 4 is 8.24 Å². The zero-order valence-corrected chi connectivity index (χ0v) is 16.9. The predicted molar refractivity (Wildman–Crippen MR) is 108 cm³/mol. The second kappa shape index (κ2) is 6.65. The van der Waals surface area contributed by atoms with Crippen molar-refractivity contribution in [3.8, 4) is 0 Å². The highest BCUT2D eigenvalue weighted by molar-refractivity contribution is 6.76. The highest BCUT2D eigenvalue weighted by atomic mass is 28.3. The molecular formula is C22H33NSi. The van der Waals surface area contributed by atoms with Crippen LogP contribution in [0.5, 0.6) is 0 Å². The SMILES string of the molecule is CC(C)(C)N[Si](C)(C)C1C(Cc2ccccc2)CC2C=CC=CC21. The van der Waals surface area contributed by atoms with Crippen molar-refractivity contribution in [1.29, 1.82) is 0 Å². The normalized spacial score (nSPS) is 29.7. The summed E-state index contributed by atoms with van der Waals surface area (Å²) in [6, 6.07) is 11.1. The molecule has 3 rings (SSSR count). The number of fused-ring (bicyclic) bond motifs is 1. The second-order valence-electron chi connectivity index (χ2n) is 9.32. The molecule has 0 heterocycles. The summed E-state index contributed by atoms with van der Waals surface area (Å²) in [5.41, 5.74) is 2.49. The molecule has 1 aromatic rings. The molecule has 4 unspecified atom stereocenters. The first-order chi connectivity index (χ1) is 11.3. The lowest BCUT2D eigenvalue weighted by atomic mass is 9.92. The van der Waals surface area contributed by atoms with Gasteiger partial charge in [-0.15, -0.1) is 0 Å². The Balaban J connectivity index is 1.88. The van der Waals surface area contributed by atoms with Gasteiger partial charge in [-0.25, -0.2) is 0 Å². The number of hydrogen-bond donors (Lipinski definition) is 1. The van der Waals surface area contributed by atoms with Gasteiger partial charge in [-0.05, 0) is 62.5 Å². The molecule has 2 aliphatic rings. The van der Waals surface area contributed by atoms with E-state index >= 15 is 0 Å². The topological polar surface area (TPSA) is 12.0 Å². The first-order valence-corrected chi connectivity index (χ1v) is 12.5. The quantitative estimate of drug-likeness (QED) is 0.707. The third-order valence-corrected chi connectivity index (χ3v) is 9.58. The molecule has 4 atom stereocenters. The molecule has 2 aliphatic carbocycles. The summed E-state index contributed by atoms with van der Waals surface area (Å²) in [5.74, 6) is 2.24. The molecule has 1 saturated carbocycles. The minimum absolute atomic E-state index is 0.194. The van der Waals surface area contributed by atoms with E-state index in [2.05, 4.69) is 93.5 Å². The molecule has 1 nitrogen and oxygen atoms in total. The molecule has 24 heavy (non-hydrogen) atoms. The maximum absolute atomic E-state index is 4.07. The fraction of sp³-hybridized carbons (Fsp3) is 0.545. The van der Waals surface area contributed by atoms with E-state index < -0.39 is 8.24 Å². The van der Waals surface area contributed by atoms with Gasteiger partial charge in [0.1, 0.15) is 8.24 Å². The van der Waals surface area contributed by atoms with E-state index in [1.54, 1.807) is 0 Å². The van der Waals surface area contributed by atoms with Crippen LogP contribution in [0.4, 0.5) is 0 Å². The van der Waals surface area contributed by atoms with E-state index in [1.807, 2.05) is 0 Å². The molecule has 1 fully saturated rings. The van der Waals surface area contributed by atoms with Gasteiger partial charge >= 0.3 is 0 Å². The highest BCUT2D eigenvalue weighted by Crippen LogP contribution is 2.53. The summed E-state index contributed by atoms with van der Waals surface area (Å²) in [6.07, 6.45) is 12.1. The molecule has 1 aromatic carbocycles. The Hall–Kier alpha value is -1.12. The monoisotopic (exact) mass is 339 g/mol. The van der Waals surface area contributed by atoms with E-state index in [4.69, 9.17) is 0 Å². The Bertz CT molecular complexity index is 609. The van der Waals surface area contributed by atoms with Gasteiger partial charge in [0.2, 0.25) is 0 Å². The van der Waals surface area contributed by atoms with Gasteiger partial charge in [0.25, 0.3) is 0 Å². The van der Waals surface area contributed by atoms with Crippen molar-refractivity contribution < 1.29 is 0 Å². The van der Waals surface area contributed by atoms with Crippen molar-refractivity contribution in [2.24, 2.45) is 17.8 Å². The van der Waals surface area contributed by atoms with Crippen LogP contribution in [0.2, 0.25) is 18.6 Å². The molecule has 0 spiro atoms.